The summed E-state index contributed by atoms with van der Waals surface area (Å²) in [5.41, 5.74) is 3.89. The Bertz CT molecular complexity index is 1390. The summed E-state index contributed by atoms with van der Waals surface area (Å²) in [6.45, 7) is 0.235. The maximum Gasteiger partial charge on any atom is 0.262 e. The third-order valence-electron chi connectivity index (χ3n) is 5.19. The molecule has 2 aromatic heterocycles. The molecule has 170 valence electrons. The molecule has 4 aromatic rings. The Morgan fingerprint density at radius 2 is 1.88 bits per heavy atom. The summed E-state index contributed by atoms with van der Waals surface area (Å²) in [5, 5.41) is 16.5. The van der Waals surface area contributed by atoms with Gasteiger partial charge in [-0.2, -0.15) is 5.26 Å². The van der Waals surface area contributed by atoms with E-state index in [2.05, 4.69) is 20.6 Å². The number of aromatic nitrogens is 2. The Labute approximate surface area is 196 Å². The van der Waals surface area contributed by atoms with Crippen LogP contribution in [0.25, 0.3) is 17.1 Å². The molecule has 1 amide bonds. The lowest BCUT2D eigenvalue weighted by atomic mass is 10.1. The molecule has 0 radical (unpaired) electrons. The van der Waals surface area contributed by atoms with Crippen molar-refractivity contribution in [2.75, 3.05) is 19.5 Å². The number of amides is 1. The van der Waals surface area contributed by atoms with Gasteiger partial charge in [0.2, 0.25) is 0 Å². The molecule has 4 rings (SSSR count). The number of carbonyl (C=O) groups excluding carboxylic acids is 1. The van der Waals surface area contributed by atoms with E-state index in [0.29, 0.717) is 22.7 Å². The molecule has 0 unspecified atom stereocenters. The smallest absolute Gasteiger partial charge is 0.262 e. The van der Waals surface area contributed by atoms with Crippen LogP contribution in [-0.2, 0) is 11.3 Å². The molecule has 0 atom stereocenters. The first kappa shape index (κ1) is 22.4. The Morgan fingerprint density at radius 1 is 1.09 bits per heavy atom. The number of hydrogen-bond acceptors (Lipinski definition) is 6. The first-order valence-electron chi connectivity index (χ1n) is 10.5. The number of methoxy groups -OCH3 is 2. The van der Waals surface area contributed by atoms with Crippen molar-refractivity contribution >= 4 is 34.4 Å². The highest BCUT2D eigenvalue weighted by Gasteiger charge is 2.12. The fourth-order valence-electron chi connectivity index (χ4n) is 3.47. The molecule has 0 aliphatic rings. The van der Waals surface area contributed by atoms with Gasteiger partial charge in [0.1, 0.15) is 17.3 Å². The van der Waals surface area contributed by atoms with Crippen LogP contribution in [0.3, 0.4) is 0 Å². The Hall–Kier alpha value is -4.77. The second-order valence-corrected chi connectivity index (χ2v) is 7.40. The van der Waals surface area contributed by atoms with Crippen LogP contribution in [-0.4, -0.2) is 30.1 Å². The van der Waals surface area contributed by atoms with Crippen molar-refractivity contribution in [1.82, 2.24) is 15.3 Å². The van der Waals surface area contributed by atoms with Crippen molar-refractivity contribution in [2.24, 2.45) is 0 Å². The van der Waals surface area contributed by atoms with Gasteiger partial charge in [0.15, 0.2) is 11.5 Å². The van der Waals surface area contributed by atoms with Crippen molar-refractivity contribution in [1.29, 1.82) is 5.26 Å². The lowest BCUT2D eigenvalue weighted by Crippen LogP contribution is -2.24. The quantitative estimate of drug-likeness (QED) is 0.267. The van der Waals surface area contributed by atoms with Crippen molar-refractivity contribution in [2.45, 2.75) is 6.54 Å². The molecule has 8 nitrogen and oxygen atoms in total. The van der Waals surface area contributed by atoms with Gasteiger partial charge in [0.05, 0.1) is 26.1 Å². The molecule has 2 aromatic carbocycles. The summed E-state index contributed by atoms with van der Waals surface area (Å²) < 4.78 is 10.5. The van der Waals surface area contributed by atoms with Crippen LogP contribution in [0.5, 0.6) is 11.5 Å². The van der Waals surface area contributed by atoms with Crippen LogP contribution in [0.1, 0.15) is 11.1 Å². The number of H-pyrrole nitrogens is 1. The largest absolute Gasteiger partial charge is 0.493 e. The fourth-order valence-corrected chi connectivity index (χ4v) is 3.47. The van der Waals surface area contributed by atoms with Crippen LogP contribution in [0, 0.1) is 11.3 Å². The van der Waals surface area contributed by atoms with E-state index in [1.54, 1.807) is 44.8 Å². The number of nitrogens with zero attached hydrogens (tertiary/aromatic N) is 2. The monoisotopic (exact) mass is 453 g/mol. The van der Waals surface area contributed by atoms with E-state index in [-0.39, 0.29) is 12.1 Å². The highest BCUT2D eigenvalue weighted by atomic mass is 16.5. The van der Waals surface area contributed by atoms with Crippen LogP contribution in [0.15, 0.2) is 72.6 Å². The van der Waals surface area contributed by atoms with E-state index in [0.717, 1.165) is 22.3 Å². The molecule has 8 heteroatoms. The number of pyridine rings is 1. The number of benzene rings is 2. The number of nitrogens with one attached hydrogen (secondary N) is 3. The minimum atomic E-state index is -0.474. The van der Waals surface area contributed by atoms with Crippen molar-refractivity contribution < 1.29 is 14.3 Å². The molecular formula is C26H23N5O3. The molecule has 0 spiro atoms. The summed E-state index contributed by atoms with van der Waals surface area (Å²) in [6, 6.07) is 19.0. The van der Waals surface area contributed by atoms with Gasteiger partial charge < -0.3 is 25.1 Å². The van der Waals surface area contributed by atoms with Gasteiger partial charge in [-0.05, 0) is 42.0 Å². The van der Waals surface area contributed by atoms with Crippen molar-refractivity contribution in [3.8, 4) is 17.6 Å². The predicted octanol–water partition coefficient (Wildman–Crippen LogP) is 4.55. The summed E-state index contributed by atoms with van der Waals surface area (Å²) >= 11 is 0. The minimum Gasteiger partial charge on any atom is -0.493 e. The topological polar surface area (TPSA) is 112 Å². The van der Waals surface area contributed by atoms with Gasteiger partial charge in [-0.25, -0.2) is 4.98 Å². The fraction of sp³-hybridized carbons (Fsp3) is 0.115. The van der Waals surface area contributed by atoms with Gasteiger partial charge in [0, 0.05) is 29.4 Å². The van der Waals surface area contributed by atoms with Crippen LogP contribution in [0.4, 0.5) is 11.4 Å². The number of anilines is 2. The zero-order valence-electron chi connectivity index (χ0n) is 18.8. The lowest BCUT2D eigenvalue weighted by molar-refractivity contribution is -0.117. The van der Waals surface area contributed by atoms with E-state index in [1.165, 1.54) is 0 Å². The van der Waals surface area contributed by atoms with E-state index >= 15 is 0 Å². The molecule has 34 heavy (non-hydrogen) atoms. The van der Waals surface area contributed by atoms with E-state index < -0.39 is 5.91 Å². The molecule has 2 heterocycles. The minimum absolute atomic E-state index is 0.0113. The van der Waals surface area contributed by atoms with Crippen LogP contribution in [0.2, 0.25) is 0 Å². The molecule has 0 aliphatic carbocycles. The lowest BCUT2D eigenvalue weighted by Gasteiger charge is -2.10. The third kappa shape index (κ3) is 5.00. The number of rotatable bonds is 8. The maximum atomic E-state index is 12.7. The standard InChI is InChI=1S/C26H23N5O3/c1-33-23-9-8-17(10-24(23)34-2)14-30-26(32)18(13-27)11-19-15-28-25-22(19)12-21(16-29-25)31-20-6-4-3-5-7-20/h3-12,15-16,31H,14H2,1-2H3,(H,28,29)(H,30,32)/b18-11+. The normalized spacial score (nSPS) is 11.0. The van der Waals surface area contributed by atoms with Crippen LogP contribution >= 0.6 is 0 Å². The average Bonchev–Trinajstić information content (AvgIpc) is 3.28. The number of nitriles is 1. The number of hydrogen-bond donors (Lipinski definition) is 3. The summed E-state index contributed by atoms with van der Waals surface area (Å²) in [5.74, 6) is 0.693. The number of fused-ring (bicyclic) bond motifs is 1. The highest BCUT2D eigenvalue weighted by molar-refractivity contribution is 6.03. The Morgan fingerprint density at radius 3 is 2.62 bits per heavy atom. The predicted molar refractivity (Wildman–Crippen MR) is 131 cm³/mol. The molecule has 0 bridgehead atoms. The van der Waals surface area contributed by atoms with Gasteiger partial charge in [-0.1, -0.05) is 24.3 Å². The van der Waals surface area contributed by atoms with Gasteiger partial charge in [-0.15, -0.1) is 0 Å². The second kappa shape index (κ2) is 10.2. The molecular weight excluding hydrogens is 430 g/mol. The van der Waals surface area contributed by atoms with Crippen molar-refractivity contribution in [3.05, 3.63) is 83.7 Å². The molecule has 0 saturated carbocycles. The van der Waals surface area contributed by atoms with Gasteiger partial charge in [0.25, 0.3) is 5.91 Å². The SMILES string of the molecule is COc1ccc(CNC(=O)/C(C#N)=C/c2c[nH]c3ncc(Nc4ccccc4)cc23)cc1OC. The van der Waals surface area contributed by atoms with E-state index in [4.69, 9.17) is 9.47 Å². The Balaban J connectivity index is 1.52. The zero-order chi connectivity index (χ0) is 23.9. The molecule has 3 N–H and O–H groups in total. The first-order valence-corrected chi connectivity index (χ1v) is 10.5. The summed E-state index contributed by atoms with van der Waals surface area (Å²) in [4.78, 5) is 20.2. The highest BCUT2D eigenvalue weighted by Crippen LogP contribution is 2.28. The number of para-hydroxylation sites is 1. The van der Waals surface area contributed by atoms with E-state index in [1.807, 2.05) is 48.5 Å². The van der Waals surface area contributed by atoms with Gasteiger partial charge >= 0.3 is 0 Å². The number of aromatic amines is 1. The van der Waals surface area contributed by atoms with E-state index in [9.17, 15) is 10.1 Å². The number of ether oxygens (including phenoxy) is 2. The van der Waals surface area contributed by atoms with Gasteiger partial charge in [-0.3, -0.25) is 4.79 Å². The molecule has 0 aliphatic heterocycles. The summed E-state index contributed by atoms with van der Waals surface area (Å²) in [6.07, 6.45) is 5.00. The molecule has 0 fully saturated rings. The van der Waals surface area contributed by atoms with Crippen LogP contribution < -0.4 is 20.1 Å². The maximum absolute atomic E-state index is 12.7. The molecule has 0 saturated heterocycles. The number of carbonyl (C=O) groups is 1. The second-order valence-electron chi connectivity index (χ2n) is 7.40. The average molecular weight is 454 g/mol. The first-order chi connectivity index (χ1) is 16.6. The zero-order valence-corrected chi connectivity index (χ0v) is 18.8. The third-order valence-corrected chi connectivity index (χ3v) is 5.19. The Kier molecular flexibility index (Phi) is 6.75. The van der Waals surface area contributed by atoms with Crippen molar-refractivity contribution in [3.63, 3.8) is 0 Å². The summed E-state index contributed by atoms with van der Waals surface area (Å²) in [7, 11) is 3.11.